The SMILES string of the molecule is N[C@@H](CCCCNc1nc(=O)[nH]c(=O)[nH]1)C(=O)O. The zero-order valence-corrected chi connectivity index (χ0v) is 9.60. The van der Waals surface area contributed by atoms with Crippen molar-refractivity contribution >= 4 is 11.9 Å². The Balaban J connectivity index is 2.28. The number of aliphatic carboxylic acids is 1. The summed E-state index contributed by atoms with van der Waals surface area (Å²) in [6, 6.07) is -0.859. The highest BCUT2D eigenvalue weighted by atomic mass is 16.4. The molecule has 6 N–H and O–H groups in total. The van der Waals surface area contributed by atoms with Crippen molar-refractivity contribution in [3.63, 3.8) is 0 Å². The topological polar surface area (TPSA) is 154 Å². The molecule has 0 saturated heterocycles. The molecule has 0 radical (unpaired) electrons. The van der Waals surface area contributed by atoms with Gasteiger partial charge in [-0.1, -0.05) is 0 Å². The van der Waals surface area contributed by atoms with E-state index in [0.717, 1.165) is 0 Å². The van der Waals surface area contributed by atoms with Crippen LogP contribution in [0.2, 0.25) is 0 Å². The highest BCUT2D eigenvalue weighted by Crippen LogP contribution is 1.99. The van der Waals surface area contributed by atoms with Crippen LogP contribution in [-0.4, -0.2) is 38.6 Å². The van der Waals surface area contributed by atoms with Gasteiger partial charge in [0.1, 0.15) is 6.04 Å². The number of unbranched alkanes of at least 4 members (excludes halogenated alkanes) is 1. The van der Waals surface area contributed by atoms with Crippen LogP contribution in [0.1, 0.15) is 19.3 Å². The molecular formula is C9H15N5O4. The first kappa shape index (κ1) is 13.9. The van der Waals surface area contributed by atoms with E-state index in [4.69, 9.17) is 10.8 Å². The minimum absolute atomic E-state index is 0.0892. The molecule has 9 nitrogen and oxygen atoms in total. The third-order valence-corrected chi connectivity index (χ3v) is 2.22. The van der Waals surface area contributed by atoms with Crippen molar-refractivity contribution in [2.75, 3.05) is 11.9 Å². The fraction of sp³-hybridized carbons (Fsp3) is 0.556. The maximum absolute atomic E-state index is 10.9. The predicted octanol–water partition coefficient (Wildman–Crippen LogP) is -1.55. The number of hydrogen-bond donors (Lipinski definition) is 5. The molecule has 0 unspecified atom stereocenters. The highest BCUT2D eigenvalue weighted by molar-refractivity contribution is 5.72. The lowest BCUT2D eigenvalue weighted by atomic mass is 10.1. The van der Waals surface area contributed by atoms with E-state index in [-0.39, 0.29) is 5.95 Å². The Morgan fingerprint density at radius 1 is 1.39 bits per heavy atom. The third kappa shape index (κ3) is 4.78. The summed E-state index contributed by atoms with van der Waals surface area (Å²) in [5, 5.41) is 11.3. The van der Waals surface area contributed by atoms with Gasteiger partial charge in [-0.25, -0.2) is 9.59 Å². The Bertz CT molecular complexity index is 480. The maximum Gasteiger partial charge on any atom is 0.352 e. The Kier molecular flexibility index (Phi) is 5.06. The van der Waals surface area contributed by atoms with Crippen LogP contribution in [0.5, 0.6) is 0 Å². The average Bonchev–Trinajstić information content (AvgIpc) is 2.26. The first-order valence-corrected chi connectivity index (χ1v) is 5.42. The van der Waals surface area contributed by atoms with Crippen LogP contribution in [0, 0.1) is 0 Å². The predicted molar refractivity (Wildman–Crippen MR) is 63.4 cm³/mol. The molecule has 0 aliphatic carbocycles. The van der Waals surface area contributed by atoms with Gasteiger partial charge in [0.25, 0.3) is 0 Å². The van der Waals surface area contributed by atoms with E-state index in [1.165, 1.54) is 0 Å². The number of carboxylic acid groups (broad SMARTS) is 1. The van der Waals surface area contributed by atoms with Gasteiger partial charge in [0.15, 0.2) is 0 Å². The summed E-state index contributed by atoms with van der Waals surface area (Å²) in [4.78, 5) is 39.9. The molecular weight excluding hydrogens is 242 g/mol. The summed E-state index contributed by atoms with van der Waals surface area (Å²) in [6.07, 6.45) is 1.64. The van der Waals surface area contributed by atoms with Crippen LogP contribution in [0.15, 0.2) is 9.59 Å². The van der Waals surface area contributed by atoms with Gasteiger partial charge < -0.3 is 16.2 Å². The summed E-state index contributed by atoms with van der Waals surface area (Å²) < 4.78 is 0. The number of nitrogens with zero attached hydrogens (tertiary/aromatic N) is 1. The number of carboxylic acids is 1. The molecule has 0 aliphatic rings. The number of hydrogen-bond acceptors (Lipinski definition) is 6. The van der Waals surface area contributed by atoms with Crippen molar-refractivity contribution in [2.24, 2.45) is 5.73 Å². The second kappa shape index (κ2) is 6.55. The molecule has 1 atom stereocenters. The minimum Gasteiger partial charge on any atom is -0.480 e. The molecule has 0 amide bonds. The zero-order valence-electron chi connectivity index (χ0n) is 9.60. The Morgan fingerprint density at radius 2 is 2.11 bits per heavy atom. The molecule has 0 spiro atoms. The van der Waals surface area contributed by atoms with E-state index >= 15 is 0 Å². The minimum atomic E-state index is -1.02. The Hall–Kier alpha value is -2.16. The monoisotopic (exact) mass is 257 g/mol. The van der Waals surface area contributed by atoms with Gasteiger partial charge in [-0.15, -0.1) is 0 Å². The smallest absolute Gasteiger partial charge is 0.352 e. The van der Waals surface area contributed by atoms with Gasteiger partial charge in [-0.05, 0) is 19.3 Å². The van der Waals surface area contributed by atoms with Crippen molar-refractivity contribution < 1.29 is 9.90 Å². The molecule has 0 saturated carbocycles. The normalized spacial score (nSPS) is 12.1. The molecule has 100 valence electrons. The van der Waals surface area contributed by atoms with Gasteiger partial charge in [-0.2, -0.15) is 4.98 Å². The second-order valence-corrected chi connectivity index (χ2v) is 3.71. The second-order valence-electron chi connectivity index (χ2n) is 3.71. The third-order valence-electron chi connectivity index (χ3n) is 2.22. The summed E-state index contributed by atoms with van der Waals surface area (Å²) in [5.74, 6) is -0.935. The van der Waals surface area contributed by atoms with Gasteiger partial charge in [-0.3, -0.25) is 14.8 Å². The largest absolute Gasteiger partial charge is 0.480 e. The average molecular weight is 257 g/mol. The first-order chi connectivity index (χ1) is 8.49. The van der Waals surface area contributed by atoms with Crippen LogP contribution in [0.25, 0.3) is 0 Å². The van der Waals surface area contributed by atoms with Crippen molar-refractivity contribution in [3.05, 3.63) is 21.0 Å². The van der Waals surface area contributed by atoms with Gasteiger partial charge in [0.2, 0.25) is 5.95 Å². The summed E-state index contributed by atoms with van der Waals surface area (Å²) in [7, 11) is 0. The van der Waals surface area contributed by atoms with Crippen LogP contribution < -0.4 is 22.4 Å². The molecule has 1 heterocycles. The van der Waals surface area contributed by atoms with Crippen molar-refractivity contribution in [3.8, 4) is 0 Å². The van der Waals surface area contributed by atoms with Gasteiger partial charge in [0, 0.05) is 6.54 Å². The number of aromatic nitrogens is 3. The quantitative estimate of drug-likeness (QED) is 0.370. The van der Waals surface area contributed by atoms with E-state index < -0.39 is 23.4 Å². The van der Waals surface area contributed by atoms with E-state index in [0.29, 0.717) is 25.8 Å². The maximum atomic E-state index is 10.9. The molecule has 1 aromatic heterocycles. The standard InChI is InChI=1S/C9H15N5O4/c10-5(6(15)16)3-1-2-4-11-7-12-8(17)14-9(18)13-7/h5H,1-4,10H2,(H,15,16)(H3,11,12,13,14,17,18)/t5-/m0/s1. The van der Waals surface area contributed by atoms with E-state index in [9.17, 15) is 14.4 Å². The van der Waals surface area contributed by atoms with Gasteiger partial charge in [0.05, 0.1) is 0 Å². The Morgan fingerprint density at radius 3 is 2.72 bits per heavy atom. The van der Waals surface area contributed by atoms with Crippen molar-refractivity contribution in [2.45, 2.75) is 25.3 Å². The highest BCUT2D eigenvalue weighted by Gasteiger charge is 2.09. The van der Waals surface area contributed by atoms with Crippen LogP contribution in [-0.2, 0) is 4.79 Å². The first-order valence-electron chi connectivity index (χ1n) is 5.42. The number of nitrogens with one attached hydrogen (secondary N) is 3. The lowest BCUT2D eigenvalue weighted by molar-refractivity contribution is -0.138. The molecule has 0 aliphatic heterocycles. The lowest BCUT2D eigenvalue weighted by Crippen LogP contribution is -2.30. The summed E-state index contributed by atoms with van der Waals surface area (Å²) in [6.45, 7) is 0.457. The summed E-state index contributed by atoms with van der Waals surface area (Å²) >= 11 is 0. The zero-order chi connectivity index (χ0) is 13.5. The van der Waals surface area contributed by atoms with E-state index in [1.807, 2.05) is 4.98 Å². The number of carbonyl (C=O) groups is 1. The number of rotatable bonds is 7. The molecule has 0 aromatic carbocycles. The Labute approximate surface area is 101 Å². The van der Waals surface area contributed by atoms with E-state index in [1.54, 1.807) is 0 Å². The summed E-state index contributed by atoms with van der Waals surface area (Å²) in [5.41, 5.74) is 3.96. The molecule has 1 rings (SSSR count). The molecule has 0 bridgehead atoms. The van der Waals surface area contributed by atoms with Crippen LogP contribution in [0.3, 0.4) is 0 Å². The molecule has 1 aromatic rings. The number of H-pyrrole nitrogens is 2. The van der Waals surface area contributed by atoms with Crippen molar-refractivity contribution in [1.29, 1.82) is 0 Å². The number of aromatic amines is 2. The number of nitrogens with two attached hydrogens (primary N) is 1. The van der Waals surface area contributed by atoms with Gasteiger partial charge >= 0.3 is 17.3 Å². The van der Waals surface area contributed by atoms with Crippen molar-refractivity contribution in [1.82, 2.24) is 15.0 Å². The van der Waals surface area contributed by atoms with Crippen LogP contribution in [0.4, 0.5) is 5.95 Å². The van der Waals surface area contributed by atoms with E-state index in [2.05, 4.69) is 15.3 Å². The number of anilines is 1. The fourth-order valence-electron chi connectivity index (χ4n) is 1.30. The fourth-order valence-corrected chi connectivity index (χ4v) is 1.30. The molecule has 18 heavy (non-hydrogen) atoms. The molecule has 0 fully saturated rings. The van der Waals surface area contributed by atoms with Crippen LogP contribution >= 0.6 is 0 Å². The lowest BCUT2D eigenvalue weighted by Gasteiger charge is -2.06. The molecule has 9 heteroatoms.